The Bertz CT molecular complexity index is 419. The molecule has 3 nitrogen and oxygen atoms in total. The lowest BCUT2D eigenvalue weighted by Crippen LogP contribution is -2.29. The lowest BCUT2D eigenvalue weighted by molar-refractivity contribution is -0.137. The molecule has 0 aliphatic rings. The number of carbonyl (C=O) groups excluding carboxylic acids is 1. The van der Waals surface area contributed by atoms with Crippen LogP contribution in [-0.2, 0) is 6.18 Å². The molecule has 0 unspecified atom stereocenters. The molecule has 0 saturated heterocycles. The number of alkyl halides is 3. The molecule has 0 aromatic heterocycles. The van der Waals surface area contributed by atoms with Crippen LogP contribution in [-0.4, -0.2) is 25.5 Å². The Morgan fingerprint density at radius 2 is 1.89 bits per heavy atom. The van der Waals surface area contributed by atoms with Crippen molar-refractivity contribution in [3.05, 3.63) is 35.4 Å². The third kappa shape index (κ3) is 4.90. The molecule has 1 aromatic rings. The van der Waals surface area contributed by atoms with Gasteiger partial charge in [-0.25, -0.2) is 0 Å². The van der Waals surface area contributed by atoms with Crippen molar-refractivity contribution in [3.63, 3.8) is 0 Å². The molecule has 0 bridgehead atoms. The second-order valence-electron chi connectivity index (χ2n) is 4.01. The van der Waals surface area contributed by atoms with Gasteiger partial charge in [-0.2, -0.15) is 13.2 Å². The Morgan fingerprint density at radius 3 is 2.53 bits per heavy atom. The summed E-state index contributed by atoms with van der Waals surface area (Å²) in [4.78, 5) is 11.7. The Hall–Kier alpha value is -1.56. The highest BCUT2D eigenvalue weighted by atomic mass is 19.4. The summed E-state index contributed by atoms with van der Waals surface area (Å²) in [7, 11) is 0. The van der Waals surface area contributed by atoms with Crippen molar-refractivity contribution in [2.45, 2.75) is 19.5 Å². The molecular formula is C13H17F3N2O. The number of hydrogen-bond acceptors (Lipinski definition) is 2. The summed E-state index contributed by atoms with van der Waals surface area (Å²) in [6.45, 7) is 3.85. The van der Waals surface area contributed by atoms with Gasteiger partial charge in [-0.05, 0) is 31.6 Å². The van der Waals surface area contributed by atoms with Crippen molar-refractivity contribution < 1.29 is 18.0 Å². The minimum absolute atomic E-state index is 0.335. The van der Waals surface area contributed by atoms with Gasteiger partial charge in [0.05, 0.1) is 11.1 Å². The van der Waals surface area contributed by atoms with Gasteiger partial charge in [0.15, 0.2) is 0 Å². The molecule has 1 amide bonds. The van der Waals surface area contributed by atoms with E-state index in [9.17, 15) is 18.0 Å². The first-order valence-electron chi connectivity index (χ1n) is 6.12. The second-order valence-corrected chi connectivity index (χ2v) is 4.01. The van der Waals surface area contributed by atoms with Crippen LogP contribution < -0.4 is 10.6 Å². The number of nitrogens with one attached hydrogen (secondary N) is 2. The van der Waals surface area contributed by atoms with E-state index >= 15 is 0 Å². The standard InChI is InChI=1S/C13H17F3N2O/c1-2-17-8-5-9-18-12(19)10-6-3-4-7-11(10)13(14,15)16/h3-4,6-7,17H,2,5,8-9H2,1H3,(H,18,19). The minimum atomic E-state index is -4.52. The molecule has 0 spiro atoms. The van der Waals surface area contributed by atoms with E-state index < -0.39 is 17.6 Å². The van der Waals surface area contributed by atoms with Crippen molar-refractivity contribution in [3.8, 4) is 0 Å². The number of benzene rings is 1. The van der Waals surface area contributed by atoms with Gasteiger partial charge < -0.3 is 10.6 Å². The summed E-state index contributed by atoms with van der Waals surface area (Å²) in [5.41, 5.74) is -1.24. The van der Waals surface area contributed by atoms with Crippen molar-refractivity contribution >= 4 is 5.91 Å². The molecule has 1 aromatic carbocycles. The Labute approximate surface area is 110 Å². The van der Waals surface area contributed by atoms with Crippen molar-refractivity contribution in [2.75, 3.05) is 19.6 Å². The fourth-order valence-electron chi connectivity index (χ4n) is 1.62. The van der Waals surface area contributed by atoms with Gasteiger partial charge in [0.2, 0.25) is 0 Å². The molecule has 0 saturated carbocycles. The van der Waals surface area contributed by atoms with E-state index in [1.165, 1.54) is 18.2 Å². The molecule has 0 radical (unpaired) electrons. The average Bonchev–Trinajstić information content (AvgIpc) is 2.37. The first kappa shape index (κ1) is 15.5. The van der Waals surface area contributed by atoms with E-state index in [-0.39, 0.29) is 5.56 Å². The number of halogens is 3. The van der Waals surface area contributed by atoms with Crippen LogP contribution in [0.5, 0.6) is 0 Å². The van der Waals surface area contributed by atoms with Gasteiger partial charge in [-0.15, -0.1) is 0 Å². The molecule has 19 heavy (non-hydrogen) atoms. The molecule has 2 N–H and O–H groups in total. The SMILES string of the molecule is CCNCCCNC(=O)c1ccccc1C(F)(F)F. The summed E-state index contributed by atoms with van der Waals surface area (Å²) < 4.78 is 38.1. The molecule has 0 fully saturated rings. The predicted octanol–water partition coefficient (Wildman–Crippen LogP) is 2.43. The quantitative estimate of drug-likeness (QED) is 0.782. The van der Waals surface area contributed by atoms with E-state index in [0.29, 0.717) is 13.0 Å². The lowest BCUT2D eigenvalue weighted by Gasteiger charge is -2.12. The van der Waals surface area contributed by atoms with Crippen molar-refractivity contribution in [2.24, 2.45) is 0 Å². The van der Waals surface area contributed by atoms with E-state index in [1.54, 1.807) is 0 Å². The zero-order valence-electron chi connectivity index (χ0n) is 10.7. The Kier molecular flexibility index (Phi) is 5.82. The number of rotatable bonds is 6. The zero-order chi connectivity index (χ0) is 14.3. The van der Waals surface area contributed by atoms with Gasteiger partial charge >= 0.3 is 6.18 Å². The number of carbonyl (C=O) groups is 1. The third-order valence-corrected chi connectivity index (χ3v) is 2.54. The van der Waals surface area contributed by atoms with Gasteiger partial charge in [0.25, 0.3) is 5.91 Å². The maximum absolute atomic E-state index is 12.7. The maximum atomic E-state index is 12.7. The summed E-state index contributed by atoms with van der Waals surface area (Å²) in [6, 6.07) is 4.78. The van der Waals surface area contributed by atoms with Gasteiger partial charge in [-0.1, -0.05) is 19.1 Å². The summed E-state index contributed by atoms with van der Waals surface area (Å²) in [5, 5.41) is 5.56. The number of amides is 1. The van der Waals surface area contributed by atoms with Crippen LogP contribution in [0.15, 0.2) is 24.3 Å². The summed E-state index contributed by atoms with van der Waals surface area (Å²) >= 11 is 0. The monoisotopic (exact) mass is 274 g/mol. The normalized spacial score (nSPS) is 11.4. The molecule has 106 valence electrons. The highest BCUT2D eigenvalue weighted by Crippen LogP contribution is 2.31. The lowest BCUT2D eigenvalue weighted by atomic mass is 10.1. The van der Waals surface area contributed by atoms with E-state index in [1.807, 2.05) is 6.92 Å². The van der Waals surface area contributed by atoms with Crippen molar-refractivity contribution in [1.82, 2.24) is 10.6 Å². The van der Waals surface area contributed by atoms with Crippen LogP contribution in [0.1, 0.15) is 29.3 Å². The molecule has 6 heteroatoms. The van der Waals surface area contributed by atoms with E-state index in [0.717, 1.165) is 19.2 Å². The summed E-state index contributed by atoms with van der Waals surface area (Å²) in [5.74, 6) is -0.690. The van der Waals surface area contributed by atoms with Gasteiger partial charge in [0, 0.05) is 6.54 Å². The second kappa shape index (κ2) is 7.13. The third-order valence-electron chi connectivity index (χ3n) is 2.54. The fraction of sp³-hybridized carbons (Fsp3) is 0.462. The largest absolute Gasteiger partial charge is 0.417 e. The Morgan fingerprint density at radius 1 is 1.21 bits per heavy atom. The number of hydrogen-bond donors (Lipinski definition) is 2. The average molecular weight is 274 g/mol. The van der Waals surface area contributed by atoms with E-state index in [4.69, 9.17) is 0 Å². The van der Waals surface area contributed by atoms with Crippen LogP contribution in [0.3, 0.4) is 0 Å². The molecular weight excluding hydrogens is 257 g/mol. The smallest absolute Gasteiger partial charge is 0.352 e. The van der Waals surface area contributed by atoms with Crippen LogP contribution >= 0.6 is 0 Å². The highest BCUT2D eigenvalue weighted by molar-refractivity contribution is 5.95. The van der Waals surface area contributed by atoms with Crippen LogP contribution in [0, 0.1) is 0 Å². The molecule has 0 aliphatic carbocycles. The molecule has 1 rings (SSSR count). The maximum Gasteiger partial charge on any atom is 0.417 e. The fourth-order valence-corrected chi connectivity index (χ4v) is 1.62. The first-order valence-corrected chi connectivity index (χ1v) is 6.12. The van der Waals surface area contributed by atoms with Crippen LogP contribution in [0.25, 0.3) is 0 Å². The van der Waals surface area contributed by atoms with E-state index in [2.05, 4.69) is 10.6 Å². The van der Waals surface area contributed by atoms with Crippen LogP contribution in [0.4, 0.5) is 13.2 Å². The molecule has 0 aliphatic heterocycles. The van der Waals surface area contributed by atoms with Gasteiger partial charge in [0.1, 0.15) is 0 Å². The molecule has 0 atom stereocenters. The highest BCUT2D eigenvalue weighted by Gasteiger charge is 2.34. The van der Waals surface area contributed by atoms with Gasteiger partial charge in [-0.3, -0.25) is 4.79 Å². The Balaban J connectivity index is 2.62. The molecule has 0 heterocycles. The zero-order valence-corrected chi connectivity index (χ0v) is 10.7. The minimum Gasteiger partial charge on any atom is -0.352 e. The first-order chi connectivity index (χ1) is 8.96. The predicted molar refractivity (Wildman–Crippen MR) is 66.9 cm³/mol. The summed E-state index contributed by atoms with van der Waals surface area (Å²) in [6.07, 6.45) is -3.84. The van der Waals surface area contributed by atoms with Crippen molar-refractivity contribution in [1.29, 1.82) is 0 Å². The van der Waals surface area contributed by atoms with Crippen LogP contribution in [0.2, 0.25) is 0 Å². The topological polar surface area (TPSA) is 41.1 Å².